The number of hydrogen-bond acceptors (Lipinski definition) is 6. The maximum absolute atomic E-state index is 12.3. The molecule has 0 bridgehead atoms. The predicted molar refractivity (Wildman–Crippen MR) is 85.6 cm³/mol. The molecule has 24 heavy (non-hydrogen) atoms. The highest BCUT2D eigenvalue weighted by Gasteiger charge is 2.38. The average molecular weight is 344 g/mol. The lowest BCUT2D eigenvalue weighted by molar-refractivity contribution is -0.128. The number of hydrogen-bond donors (Lipinski definition) is 3. The zero-order chi connectivity index (χ0) is 17.4. The van der Waals surface area contributed by atoms with Crippen LogP contribution in [0.3, 0.4) is 0 Å². The van der Waals surface area contributed by atoms with Crippen LogP contribution in [0.5, 0.6) is 0 Å². The maximum atomic E-state index is 12.3. The van der Waals surface area contributed by atoms with E-state index in [2.05, 4.69) is 10.2 Å². The van der Waals surface area contributed by atoms with Crippen molar-refractivity contribution in [1.29, 1.82) is 0 Å². The Balaban J connectivity index is 0.000000647. The van der Waals surface area contributed by atoms with E-state index < -0.39 is 0 Å². The highest BCUT2D eigenvalue weighted by atomic mass is 16.5. The van der Waals surface area contributed by atoms with Gasteiger partial charge in [-0.25, -0.2) is 0 Å². The minimum absolute atomic E-state index is 0.120. The first-order chi connectivity index (χ1) is 11.7. The van der Waals surface area contributed by atoms with Crippen molar-refractivity contribution in [2.75, 3.05) is 39.5 Å². The molecule has 3 saturated heterocycles. The molecule has 3 N–H and O–H groups in total. The molecule has 0 aromatic carbocycles. The smallest absolute Gasteiger partial charge is 0.290 e. The summed E-state index contributed by atoms with van der Waals surface area (Å²) in [6.45, 7) is 3.82. The Labute approximate surface area is 142 Å². The van der Waals surface area contributed by atoms with E-state index in [4.69, 9.17) is 24.5 Å². The number of carbonyl (C=O) groups excluding carboxylic acids is 1. The summed E-state index contributed by atoms with van der Waals surface area (Å²) in [6, 6.07) is 0.654. The Morgan fingerprint density at radius 3 is 2.67 bits per heavy atom. The van der Waals surface area contributed by atoms with Crippen LogP contribution in [0.4, 0.5) is 0 Å². The summed E-state index contributed by atoms with van der Waals surface area (Å²) in [5.41, 5.74) is 0. The summed E-state index contributed by atoms with van der Waals surface area (Å²) in [4.78, 5) is 23.0. The summed E-state index contributed by atoms with van der Waals surface area (Å²) >= 11 is 0. The van der Waals surface area contributed by atoms with Crippen LogP contribution in [-0.2, 0) is 19.1 Å². The van der Waals surface area contributed by atoms with E-state index in [1.807, 2.05) is 0 Å². The number of aliphatic hydroxyl groups excluding tert-OH is 1. The van der Waals surface area contributed by atoms with Gasteiger partial charge in [0.1, 0.15) is 0 Å². The number of rotatable bonds is 4. The molecule has 3 fully saturated rings. The molecule has 0 saturated carbocycles. The first-order valence-electron chi connectivity index (χ1n) is 8.60. The van der Waals surface area contributed by atoms with Crippen molar-refractivity contribution in [2.24, 2.45) is 5.92 Å². The van der Waals surface area contributed by atoms with Crippen molar-refractivity contribution < 1.29 is 29.3 Å². The third-order valence-corrected chi connectivity index (χ3v) is 4.88. The average Bonchev–Trinajstić information content (AvgIpc) is 2.98. The summed E-state index contributed by atoms with van der Waals surface area (Å²) in [5, 5.41) is 19.1. The van der Waals surface area contributed by atoms with Gasteiger partial charge in [-0.1, -0.05) is 0 Å². The second-order valence-corrected chi connectivity index (χ2v) is 6.51. The maximum Gasteiger partial charge on any atom is 0.290 e. The normalized spacial score (nSPS) is 30.8. The number of carboxylic acid groups (broad SMARTS) is 1. The Morgan fingerprint density at radius 1 is 1.29 bits per heavy atom. The first-order valence-corrected chi connectivity index (χ1v) is 8.60. The SMILES string of the molecule is O=C(N[C@@H]1C[C@H]2CO[C@@H](CCO)CN2C1)C1CCOCC1.O=CO. The van der Waals surface area contributed by atoms with Crippen molar-refractivity contribution in [2.45, 2.75) is 43.9 Å². The molecule has 0 aromatic rings. The number of amides is 1. The van der Waals surface area contributed by atoms with Gasteiger partial charge >= 0.3 is 0 Å². The van der Waals surface area contributed by atoms with Gasteiger partial charge in [-0.2, -0.15) is 0 Å². The number of nitrogens with one attached hydrogen (secondary N) is 1. The Morgan fingerprint density at radius 2 is 2.00 bits per heavy atom. The number of aliphatic hydroxyl groups is 1. The van der Waals surface area contributed by atoms with Crippen LogP contribution in [0.2, 0.25) is 0 Å². The molecule has 8 nitrogen and oxygen atoms in total. The molecule has 3 heterocycles. The molecule has 3 aliphatic heterocycles. The van der Waals surface area contributed by atoms with Crippen LogP contribution in [0, 0.1) is 5.92 Å². The number of fused-ring (bicyclic) bond motifs is 1. The lowest BCUT2D eigenvalue weighted by Gasteiger charge is -2.34. The zero-order valence-electron chi connectivity index (χ0n) is 13.9. The van der Waals surface area contributed by atoms with Crippen molar-refractivity contribution in [3.05, 3.63) is 0 Å². The molecule has 0 spiro atoms. The molecule has 0 aromatic heterocycles. The largest absolute Gasteiger partial charge is 0.483 e. The van der Waals surface area contributed by atoms with Gasteiger partial charge in [-0.15, -0.1) is 0 Å². The fourth-order valence-electron chi connectivity index (χ4n) is 3.64. The number of ether oxygens (including phenoxy) is 2. The van der Waals surface area contributed by atoms with Crippen LogP contribution >= 0.6 is 0 Å². The van der Waals surface area contributed by atoms with Gasteiger partial charge in [0.05, 0.1) is 12.7 Å². The van der Waals surface area contributed by atoms with Crippen LogP contribution in [0.15, 0.2) is 0 Å². The third kappa shape index (κ3) is 5.41. The highest BCUT2D eigenvalue weighted by molar-refractivity contribution is 5.79. The van der Waals surface area contributed by atoms with E-state index in [-0.39, 0.29) is 37.0 Å². The molecule has 138 valence electrons. The second kappa shape index (κ2) is 9.93. The fraction of sp³-hybridized carbons (Fsp3) is 0.875. The fourth-order valence-corrected chi connectivity index (χ4v) is 3.64. The lowest BCUT2D eigenvalue weighted by Crippen LogP contribution is -2.46. The lowest BCUT2D eigenvalue weighted by atomic mass is 9.99. The molecule has 3 atom stereocenters. The molecular formula is C16H28N2O6. The van der Waals surface area contributed by atoms with Crippen molar-refractivity contribution in [3.8, 4) is 0 Å². The minimum Gasteiger partial charge on any atom is -0.483 e. The number of nitrogens with zero attached hydrogens (tertiary/aromatic N) is 1. The van der Waals surface area contributed by atoms with Crippen molar-refractivity contribution >= 4 is 12.4 Å². The summed E-state index contributed by atoms with van der Waals surface area (Å²) < 4.78 is 11.1. The molecule has 1 amide bonds. The molecule has 0 unspecified atom stereocenters. The Hall–Kier alpha value is -1.22. The van der Waals surface area contributed by atoms with Gasteiger partial charge in [-0.3, -0.25) is 14.5 Å². The van der Waals surface area contributed by atoms with Gasteiger partial charge in [0.25, 0.3) is 6.47 Å². The minimum atomic E-state index is -0.250. The van der Waals surface area contributed by atoms with Crippen molar-refractivity contribution in [3.63, 3.8) is 0 Å². The van der Waals surface area contributed by atoms with E-state index in [0.29, 0.717) is 32.3 Å². The number of carbonyl (C=O) groups is 2. The van der Waals surface area contributed by atoms with E-state index in [9.17, 15) is 4.79 Å². The summed E-state index contributed by atoms with van der Waals surface area (Å²) in [5.74, 6) is 0.311. The van der Waals surface area contributed by atoms with Crippen LogP contribution in [0.25, 0.3) is 0 Å². The quantitative estimate of drug-likeness (QED) is 0.588. The van der Waals surface area contributed by atoms with Crippen LogP contribution in [0.1, 0.15) is 25.7 Å². The van der Waals surface area contributed by atoms with Gasteiger partial charge in [0, 0.05) is 50.9 Å². The van der Waals surface area contributed by atoms with Gasteiger partial charge in [-0.05, 0) is 25.7 Å². The summed E-state index contributed by atoms with van der Waals surface area (Å²) in [6.07, 6.45) is 3.49. The second-order valence-electron chi connectivity index (χ2n) is 6.51. The van der Waals surface area contributed by atoms with Crippen LogP contribution in [-0.4, -0.2) is 85.2 Å². The summed E-state index contributed by atoms with van der Waals surface area (Å²) in [7, 11) is 0. The molecule has 8 heteroatoms. The Kier molecular flexibility index (Phi) is 7.90. The first kappa shape index (κ1) is 19.1. The van der Waals surface area contributed by atoms with E-state index in [0.717, 1.165) is 32.4 Å². The van der Waals surface area contributed by atoms with Crippen LogP contribution < -0.4 is 5.32 Å². The predicted octanol–water partition coefficient (Wildman–Crippen LogP) is -0.546. The molecule has 0 aliphatic carbocycles. The number of morpholine rings is 1. The standard InChI is InChI=1S/C15H26N2O4.CH2O2/c18-4-1-14-9-17-8-12(7-13(17)10-21-14)16-15(19)11-2-5-20-6-3-11;2-1-3/h11-14,18H,1-10H2,(H,16,19);1H,(H,2,3)/t12-,13+,14+;/m1./s1. The topological polar surface area (TPSA) is 108 Å². The van der Waals surface area contributed by atoms with E-state index in [1.54, 1.807) is 0 Å². The van der Waals surface area contributed by atoms with E-state index in [1.165, 1.54) is 0 Å². The molecular weight excluding hydrogens is 316 g/mol. The van der Waals surface area contributed by atoms with E-state index >= 15 is 0 Å². The molecule has 3 rings (SSSR count). The Bertz CT molecular complexity index is 402. The van der Waals surface area contributed by atoms with Gasteiger partial charge in [0.15, 0.2) is 0 Å². The monoisotopic (exact) mass is 344 g/mol. The van der Waals surface area contributed by atoms with Gasteiger partial charge in [0.2, 0.25) is 5.91 Å². The molecule has 0 radical (unpaired) electrons. The highest BCUT2D eigenvalue weighted by Crippen LogP contribution is 2.25. The zero-order valence-corrected chi connectivity index (χ0v) is 13.9. The third-order valence-electron chi connectivity index (χ3n) is 4.88. The van der Waals surface area contributed by atoms with Crippen molar-refractivity contribution in [1.82, 2.24) is 10.2 Å². The van der Waals surface area contributed by atoms with Gasteiger partial charge < -0.3 is 25.0 Å². The molecule has 3 aliphatic rings.